The number of likely N-dealkylation sites (tertiary alicyclic amines) is 1. The van der Waals surface area contributed by atoms with Gasteiger partial charge >= 0.3 is 0 Å². The molecule has 2 fully saturated rings. The van der Waals surface area contributed by atoms with Gasteiger partial charge in [0.2, 0.25) is 0 Å². The average Bonchev–Trinajstić information content (AvgIpc) is 3.01. The minimum absolute atomic E-state index is 0.408. The Kier molecular flexibility index (Phi) is 4.00. The van der Waals surface area contributed by atoms with Gasteiger partial charge in [-0.05, 0) is 45.1 Å². The van der Waals surface area contributed by atoms with Crippen LogP contribution in [0.4, 0.5) is 0 Å². The minimum atomic E-state index is 0.408. The largest absolute Gasteiger partial charge is 0.377 e. The van der Waals surface area contributed by atoms with Crippen molar-refractivity contribution in [2.45, 2.75) is 44.8 Å². The molecule has 1 aliphatic carbocycles. The maximum atomic E-state index is 6.15. The molecule has 3 nitrogen and oxygen atoms in total. The average molecular weight is 212 g/mol. The second kappa shape index (κ2) is 5.28. The SMILES string of the molecule is CCOC1CCCN(CC(N)C2CC2)C1. The summed E-state index contributed by atoms with van der Waals surface area (Å²) in [6, 6.07) is 0.408. The van der Waals surface area contributed by atoms with Crippen LogP contribution in [0.5, 0.6) is 0 Å². The van der Waals surface area contributed by atoms with E-state index in [1.807, 2.05) is 0 Å². The van der Waals surface area contributed by atoms with Crippen molar-refractivity contribution in [1.82, 2.24) is 4.90 Å². The molecule has 2 unspecified atom stereocenters. The Hall–Kier alpha value is -0.120. The molecule has 0 bridgehead atoms. The van der Waals surface area contributed by atoms with Crippen LogP contribution in [-0.4, -0.2) is 43.3 Å². The molecular formula is C12H24N2O. The van der Waals surface area contributed by atoms with E-state index >= 15 is 0 Å². The van der Waals surface area contributed by atoms with Crippen molar-refractivity contribution in [3.05, 3.63) is 0 Å². The summed E-state index contributed by atoms with van der Waals surface area (Å²) in [6.07, 6.45) is 5.65. The molecule has 0 radical (unpaired) electrons. The highest BCUT2D eigenvalue weighted by atomic mass is 16.5. The number of ether oxygens (including phenoxy) is 1. The maximum Gasteiger partial charge on any atom is 0.0702 e. The lowest BCUT2D eigenvalue weighted by molar-refractivity contribution is 0.00404. The number of hydrogen-bond donors (Lipinski definition) is 1. The van der Waals surface area contributed by atoms with Crippen molar-refractivity contribution in [2.24, 2.45) is 11.7 Å². The monoisotopic (exact) mass is 212 g/mol. The van der Waals surface area contributed by atoms with E-state index in [0.717, 1.165) is 25.6 Å². The third-order valence-corrected chi connectivity index (χ3v) is 3.56. The highest BCUT2D eigenvalue weighted by Crippen LogP contribution is 2.32. The molecule has 0 amide bonds. The lowest BCUT2D eigenvalue weighted by Crippen LogP contribution is -2.46. The van der Waals surface area contributed by atoms with Gasteiger partial charge in [0.1, 0.15) is 0 Å². The van der Waals surface area contributed by atoms with E-state index in [2.05, 4.69) is 11.8 Å². The van der Waals surface area contributed by atoms with E-state index in [9.17, 15) is 0 Å². The van der Waals surface area contributed by atoms with Crippen LogP contribution in [0, 0.1) is 5.92 Å². The summed E-state index contributed by atoms with van der Waals surface area (Å²) >= 11 is 0. The van der Waals surface area contributed by atoms with Gasteiger partial charge in [-0.2, -0.15) is 0 Å². The lowest BCUT2D eigenvalue weighted by Gasteiger charge is -2.34. The molecular weight excluding hydrogens is 188 g/mol. The fourth-order valence-electron chi connectivity index (χ4n) is 2.52. The number of nitrogens with zero attached hydrogens (tertiary/aromatic N) is 1. The molecule has 1 saturated carbocycles. The van der Waals surface area contributed by atoms with Crippen molar-refractivity contribution in [3.63, 3.8) is 0 Å². The van der Waals surface area contributed by atoms with E-state index in [-0.39, 0.29) is 0 Å². The first-order valence-electron chi connectivity index (χ1n) is 6.39. The van der Waals surface area contributed by atoms with Gasteiger partial charge in [-0.15, -0.1) is 0 Å². The summed E-state index contributed by atoms with van der Waals surface area (Å²) in [7, 11) is 0. The zero-order chi connectivity index (χ0) is 10.7. The van der Waals surface area contributed by atoms with Crippen molar-refractivity contribution >= 4 is 0 Å². The van der Waals surface area contributed by atoms with Gasteiger partial charge in [-0.3, -0.25) is 4.90 Å². The molecule has 2 rings (SSSR count). The van der Waals surface area contributed by atoms with Gasteiger partial charge in [0.15, 0.2) is 0 Å². The molecule has 0 aromatic rings. The molecule has 0 aromatic carbocycles. The van der Waals surface area contributed by atoms with Crippen LogP contribution in [0.1, 0.15) is 32.6 Å². The topological polar surface area (TPSA) is 38.5 Å². The standard InChI is InChI=1S/C12H24N2O/c1-2-15-11-4-3-7-14(8-11)9-12(13)10-5-6-10/h10-12H,2-9,13H2,1H3. The predicted molar refractivity (Wildman–Crippen MR) is 61.8 cm³/mol. The summed E-state index contributed by atoms with van der Waals surface area (Å²) < 4.78 is 5.69. The summed E-state index contributed by atoms with van der Waals surface area (Å²) in [5, 5.41) is 0. The molecule has 0 spiro atoms. The third-order valence-electron chi connectivity index (χ3n) is 3.56. The first-order chi connectivity index (χ1) is 7.29. The van der Waals surface area contributed by atoms with Crippen molar-refractivity contribution in [2.75, 3.05) is 26.2 Å². The van der Waals surface area contributed by atoms with Gasteiger partial charge in [0.25, 0.3) is 0 Å². The van der Waals surface area contributed by atoms with Crippen molar-refractivity contribution in [1.29, 1.82) is 0 Å². The molecule has 1 saturated heterocycles. The van der Waals surface area contributed by atoms with E-state index < -0.39 is 0 Å². The van der Waals surface area contributed by atoms with Crippen LogP contribution in [0.25, 0.3) is 0 Å². The molecule has 2 N–H and O–H groups in total. The van der Waals surface area contributed by atoms with Gasteiger partial charge < -0.3 is 10.5 Å². The zero-order valence-corrected chi connectivity index (χ0v) is 9.82. The predicted octanol–water partition coefficient (Wildman–Crippen LogP) is 1.22. The summed E-state index contributed by atoms with van der Waals surface area (Å²) in [4.78, 5) is 2.49. The van der Waals surface area contributed by atoms with Crippen molar-refractivity contribution in [3.8, 4) is 0 Å². The van der Waals surface area contributed by atoms with Crippen LogP contribution in [0.15, 0.2) is 0 Å². The van der Waals surface area contributed by atoms with Gasteiger partial charge in [-0.1, -0.05) is 0 Å². The highest BCUT2D eigenvalue weighted by Gasteiger charge is 2.30. The first-order valence-corrected chi connectivity index (χ1v) is 6.39. The minimum Gasteiger partial charge on any atom is -0.377 e. The molecule has 1 aliphatic heterocycles. The molecule has 2 atom stereocenters. The Morgan fingerprint density at radius 1 is 1.40 bits per heavy atom. The first kappa shape index (κ1) is 11.4. The maximum absolute atomic E-state index is 6.15. The summed E-state index contributed by atoms with van der Waals surface area (Å²) in [6.45, 7) is 6.30. The number of nitrogens with two attached hydrogens (primary N) is 1. The Bertz CT molecular complexity index is 192. The van der Waals surface area contributed by atoms with E-state index in [1.165, 1.54) is 32.2 Å². The van der Waals surface area contributed by atoms with Crippen LogP contribution in [-0.2, 0) is 4.74 Å². The van der Waals surface area contributed by atoms with Crippen LogP contribution < -0.4 is 5.73 Å². The Morgan fingerprint density at radius 2 is 2.20 bits per heavy atom. The van der Waals surface area contributed by atoms with Crippen LogP contribution in [0.3, 0.4) is 0 Å². The lowest BCUT2D eigenvalue weighted by atomic mass is 10.1. The molecule has 1 heterocycles. The quantitative estimate of drug-likeness (QED) is 0.745. The molecule has 0 aromatic heterocycles. The Morgan fingerprint density at radius 3 is 2.87 bits per heavy atom. The van der Waals surface area contributed by atoms with Crippen LogP contribution >= 0.6 is 0 Å². The molecule has 15 heavy (non-hydrogen) atoms. The normalized spacial score (nSPS) is 30.4. The van der Waals surface area contributed by atoms with Gasteiger partial charge in [0, 0.05) is 25.7 Å². The summed E-state index contributed by atoms with van der Waals surface area (Å²) in [5.74, 6) is 0.817. The fraction of sp³-hybridized carbons (Fsp3) is 1.00. The number of hydrogen-bond acceptors (Lipinski definition) is 3. The van der Waals surface area contributed by atoms with Crippen LogP contribution in [0.2, 0.25) is 0 Å². The van der Waals surface area contributed by atoms with Gasteiger partial charge in [-0.25, -0.2) is 0 Å². The van der Waals surface area contributed by atoms with Crippen molar-refractivity contribution < 1.29 is 4.74 Å². The molecule has 2 aliphatic rings. The number of rotatable bonds is 5. The zero-order valence-electron chi connectivity index (χ0n) is 9.82. The number of piperidine rings is 1. The van der Waals surface area contributed by atoms with E-state index in [4.69, 9.17) is 10.5 Å². The molecule has 88 valence electrons. The highest BCUT2D eigenvalue weighted by molar-refractivity contribution is 4.87. The Labute approximate surface area is 93.0 Å². The second-order valence-electron chi connectivity index (χ2n) is 4.98. The second-order valence-corrected chi connectivity index (χ2v) is 4.98. The smallest absolute Gasteiger partial charge is 0.0702 e. The Balaban J connectivity index is 1.71. The summed E-state index contributed by atoms with van der Waals surface area (Å²) in [5.41, 5.74) is 6.15. The van der Waals surface area contributed by atoms with E-state index in [0.29, 0.717) is 12.1 Å². The fourth-order valence-corrected chi connectivity index (χ4v) is 2.52. The van der Waals surface area contributed by atoms with E-state index in [1.54, 1.807) is 0 Å². The third kappa shape index (κ3) is 3.44. The molecule has 3 heteroatoms. The van der Waals surface area contributed by atoms with Gasteiger partial charge in [0.05, 0.1) is 6.10 Å².